The predicted molar refractivity (Wildman–Crippen MR) is 143 cm³/mol. The van der Waals surface area contributed by atoms with Gasteiger partial charge in [-0.25, -0.2) is 9.59 Å². The summed E-state index contributed by atoms with van der Waals surface area (Å²) in [7, 11) is 0. The van der Waals surface area contributed by atoms with Crippen molar-refractivity contribution in [3.05, 3.63) is 108 Å². The Balaban J connectivity index is 0.000000201. The highest BCUT2D eigenvalue weighted by Gasteiger charge is 2.60. The molecule has 0 bridgehead atoms. The molecule has 6 heteroatoms. The number of likely N-dealkylation sites (N-methyl/N-ethyl adjacent to an activating group) is 1. The highest BCUT2D eigenvalue weighted by atomic mass is 16.5. The lowest BCUT2D eigenvalue weighted by atomic mass is 10.0. The molecule has 1 heterocycles. The summed E-state index contributed by atoms with van der Waals surface area (Å²) in [5.41, 5.74) is 1.77. The van der Waals surface area contributed by atoms with E-state index < -0.39 is 11.5 Å². The molecule has 0 spiro atoms. The van der Waals surface area contributed by atoms with Crippen molar-refractivity contribution in [1.82, 2.24) is 4.90 Å². The number of esters is 1. The first kappa shape index (κ1) is 26.7. The number of hydrogen-bond donors (Lipinski definition) is 1. The molecule has 36 heavy (non-hydrogen) atoms. The van der Waals surface area contributed by atoms with Crippen molar-refractivity contribution in [2.24, 2.45) is 10.9 Å². The third-order valence-corrected chi connectivity index (χ3v) is 6.32. The summed E-state index contributed by atoms with van der Waals surface area (Å²) in [5.74, 6) is -1.03. The van der Waals surface area contributed by atoms with Crippen LogP contribution in [0.5, 0.6) is 0 Å². The van der Waals surface area contributed by atoms with E-state index in [0.717, 1.165) is 17.5 Å². The molecule has 1 aliphatic heterocycles. The van der Waals surface area contributed by atoms with E-state index in [0.29, 0.717) is 25.3 Å². The van der Waals surface area contributed by atoms with Gasteiger partial charge in [0.2, 0.25) is 0 Å². The molecule has 2 aromatic carbocycles. The second kappa shape index (κ2) is 12.7. The number of carbonyl (C=O) groups excluding carboxylic acids is 1. The van der Waals surface area contributed by atoms with Gasteiger partial charge in [0.15, 0.2) is 5.54 Å². The number of benzene rings is 2. The van der Waals surface area contributed by atoms with E-state index in [1.54, 1.807) is 25.3 Å². The normalized spacial score (nSPS) is 22.6. The van der Waals surface area contributed by atoms with Gasteiger partial charge in [-0.05, 0) is 43.9 Å². The van der Waals surface area contributed by atoms with Crippen molar-refractivity contribution in [3.63, 3.8) is 0 Å². The first-order valence-corrected chi connectivity index (χ1v) is 12.3. The molecule has 2 aromatic rings. The number of carbonyl (C=O) groups is 2. The van der Waals surface area contributed by atoms with E-state index in [-0.39, 0.29) is 17.9 Å². The summed E-state index contributed by atoms with van der Waals surface area (Å²) < 4.78 is 5.09. The molecule has 1 fully saturated rings. The van der Waals surface area contributed by atoms with Crippen molar-refractivity contribution in [1.29, 1.82) is 0 Å². The standard InChI is InChI=1S/2C15H17NO2/c1-3-13-10-15(13,14(17)18-4-2)16-11-12-8-6-5-7-9-12;1-2-16-13(12-8-4-3-5-9-12)10-6-7-11-14(16)15(17)18/h3,5-9,11,13H,1,4,10H2,2H3;3-9,11,13H,2,10H2,1H3,(H,17,18)/t13-,15-;/m1./s1. The number of hydrogen-bond acceptors (Lipinski definition) is 5. The maximum atomic E-state index is 11.9. The van der Waals surface area contributed by atoms with Crippen LogP contribution in [0, 0.1) is 5.92 Å². The number of aliphatic imine (C=N–C) groups is 1. The van der Waals surface area contributed by atoms with Gasteiger partial charge < -0.3 is 14.7 Å². The van der Waals surface area contributed by atoms with Gasteiger partial charge in [-0.3, -0.25) is 4.99 Å². The number of nitrogens with zero attached hydrogens (tertiary/aromatic N) is 2. The lowest BCUT2D eigenvalue weighted by Crippen LogP contribution is -2.31. The van der Waals surface area contributed by atoms with Gasteiger partial charge in [0.05, 0.1) is 12.6 Å². The Morgan fingerprint density at radius 2 is 1.81 bits per heavy atom. The van der Waals surface area contributed by atoms with Crippen LogP contribution in [0.3, 0.4) is 0 Å². The first-order chi connectivity index (χ1) is 17.5. The van der Waals surface area contributed by atoms with Gasteiger partial charge in [0, 0.05) is 18.7 Å². The second-order valence-corrected chi connectivity index (χ2v) is 8.59. The van der Waals surface area contributed by atoms with Crippen LogP contribution in [0.1, 0.15) is 43.9 Å². The molecule has 0 saturated heterocycles. The van der Waals surface area contributed by atoms with Crippen LogP contribution >= 0.6 is 0 Å². The lowest BCUT2D eigenvalue weighted by molar-refractivity contribution is -0.146. The van der Waals surface area contributed by atoms with E-state index in [1.807, 2.05) is 84.6 Å². The van der Waals surface area contributed by atoms with Crippen molar-refractivity contribution in [2.45, 2.75) is 38.3 Å². The monoisotopic (exact) mass is 486 g/mol. The van der Waals surface area contributed by atoms with Crippen LogP contribution in [0.15, 0.2) is 102 Å². The molecule has 0 aromatic heterocycles. The molecule has 1 saturated carbocycles. The summed E-state index contributed by atoms with van der Waals surface area (Å²) in [6, 6.07) is 19.9. The zero-order valence-corrected chi connectivity index (χ0v) is 20.9. The van der Waals surface area contributed by atoms with Crippen LogP contribution in [0.4, 0.5) is 0 Å². The zero-order valence-electron chi connectivity index (χ0n) is 20.9. The summed E-state index contributed by atoms with van der Waals surface area (Å²) in [6.07, 6.45) is 10.6. The largest absolute Gasteiger partial charge is 0.477 e. The Labute approximate surface area is 213 Å². The predicted octanol–water partition coefficient (Wildman–Crippen LogP) is 5.59. The lowest BCUT2D eigenvalue weighted by Gasteiger charge is -2.31. The average molecular weight is 487 g/mol. The first-order valence-electron chi connectivity index (χ1n) is 12.3. The van der Waals surface area contributed by atoms with Gasteiger partial charge in [0.25, 0.3) is 0 Å². The van der Waals surface area contributed by atoms with Gasteiger partial charge >= 0.3 is 11.9 Å². The number of aliphatic carboxylic acids is 1. The Morgan fingerprint density at radius 3 is 2.36 bits per heavy atom. The minimum absolute atomic E-state index is 0.0940. The highest BCUT2D eigenvalue weighted by Crippen LogP contribution is 2.48. The van der Waals surface area contributed by atoms with Crippen LogP contribution in [0.25, 0.3) is 0 Å². The van der Waals surface area contributed by atoms with Crippen LogP contribution < -0.4 is 0 Å². The molecular weight excluding hydrogens is 452 g/mol. The zero-order chi connectivity index (χ0) is 26.0. The fraction of sp³-hybridized carbons (Fsp3) is 0.300. The summed E-state index contributed by atoms with van der Waals surface area (Å²) >= 11 is 0. The van der Waals surface area contributed by atoms with Crippen molar-refractivity contribution in [2.75, 3.05) is 13.2 Å². The Morgan fingerprint density at radius 1 is 1.14 bits per heavy atom. The topological polar surface area (TPSA) is 79.2 Å². The molecular formula is C30H34N2O4. The minimum Gasteiger partial charge on any atom is -0.477 e. The van der Waals surface area contributed by atoms with Crippen molar-refractivity contribution in [3.8, 4) is 0 Å². The minimum atomic E-state index is -0.871. The van der Waals surface area contributed by atoms with E-state index in [1.165, 1.54) is 0 Å². The highest BCUT2D eigenvalue weighted by molar-refractivity contribution is 5.90. The van der Waals surface area contributed by atoms with Gasteiger partial charge in [-0.1, -0.05) is 78.9 Å². The maximum Gasteiger partial charge on any atom is 0.352 e. The SMILES string of the molecule is C=C[C@@H]1C[C@]1(N=Cc1ccccc1)C(=O)OCC.CCN1C(C(=O)O)=CC=CCC1c1ccccc1. The quantitative estimate of drug-likeness (QED) is 0.299. The van der Waals surface area contributed by atoms with Crippen LogP contribution in [-0.2, 0) is 14.3 Å². The van der Waals surface area contributed by atoms with E-state index in [4.69, 9.17) is 4.74 Å². The fourth-order valence-electron chi connectivity index (χ4n) is 4.31. The Kier molecular flexibility index (Phi) is 9.39. The number of rotatable bonds is 8. The van der Waals surface area contributed by atoms with E-state index in [9.17, 15) is 14.7 Å². The van der Waals surface area contributed by atoms with E-state index in [2.05, 4.69) is 11.6 Å². The average Bonchev–Trinajstić information content (AvgIpc) is 3.67. The Hall–Kier alpha value is -3.93. The molecule has 6 nitrogen and oxygen atoms in total. The molecule has 2 aliphatic rings. The third kappa shape index (κ3) is 6.39. The molecule has 188 valence electrons. The molecule has 1 aliphatic carbocycles. The van der Waals surface area contributed by atoms with Gasteiger partial charge in [-0.15, -0.1) is 6.58 Å². The number of ether oxygens (including phenoxy) is 1. The molecule has 4 rings (SSSR count). The summed E-state index contributed by atoms with van der Waals surface area (Å²) in [6.45, 7) is 8.58. The molecule has 0 amide bonds. The number of carboxylic acid groups (broad SMARTS) is 1. The van der Waals surface area contributed by atoms with E-state index >= 15 is 0 Å². The fourth-order valence-corrected chi connectivity index (χ4v) is 4.31. The van der Waals surface area contributed by atoms with Crippen molar-refractivity contribution < 1.29 is 19.4 Å². The summed E-state index contributed by atoms with van der Waals surface area (Å²) in [4.78, 5) is 29.6. The number of allylic oxidation sites excluding steroid dienone is 2. The van der Waals surface area contributed by atoms with Crippen molar-refractivity contribution >= 4 is 18.2 Å². The smallest absolute Gasteiger partial charge is 0.352 e. The molecule has 1 unspecified atom stereocenters. The molecule has 1 N–H and O–H groups in total. The Bertz CT molecular complexity index is 1120. The maximum absolute atomic E-state index is 11.9. The molecule has 0 radical (unpaired) electrons. The van der Waals surface area contributed by atoms with Gasteiger partial charge in [-0.2, -0.15) is 0 Å². The number of carboxylic acids is 1. The van der Waals surface area contributed by atoms with Gasteiger partial charge in [0.1, 0.15) is 5.70 Å². The van der Waals surface area contributed by atoms with Crippen LogP contribution in [-0.4, -0.2) is 46.9 Å². The molecule has 3 atom stereocenters. The third-order valence-electron chi connectivity index (χ3n) is 6.32. The van der Waals surface area contributed by atoms with Crippen LogP contribution in [0.2, 0.25) is 0 Å². The summed E-state index contributed by atoms with van der Waals surface area (Å²) in [5, 5.41) is 9.29. The second-order valence-electron chi connectivity index (χ2n) is 8.59.